The lowest BCUT2D eigenvalue weighted by molar-refractivity contribution is -0.184. The molecule has 0 aromatic heterocycles. The SMILES string of the molecule is O=C(N1CCC(C2(O)CC2)C1)C(F)(F)F. The molecule has 1 aliphatic carbocycles. The van der Waals surface area contributed by atoms with E-state index in [0.717, 1.165) is 4.90 Å². The molecule has 2 fully saturated rings. The molecule has 0 aromatic carbocycles. The van der Waals surface area contributed by atoms with E-state index in [2.05, 4.69) is 0 Å². The smallest absolute Gasteiger partial charge is 0.390 e. The van der Waals surface area contributed by atoms with Gasteiger partial charge in [-0.1, -0.05) is 0 Å². The van der Waals surface area contributed by atoms with Crippen molar-refractivity contribution in [1.82, 2.24) is 4.90 Å². The zero-order chi connectivity index (χ0) is 11.3. The average Bonchev–Trinajstić information content (AvgIpc) is 2.70. The van der Waals surface area contributed by atoms with Crippen molar-refractivity contribution in [2.24, 2.45) is 5.92 Å². The van der Waals surface area contributed by atoms with E-state index in [9.17, 15) is 23.1 Å². The minimum Gasteiger partial charge on any atom is -0.390 e. The van der Waals surface area contributed by atoms with Crippen LogP contribution in [-0.4, -0.2) is 40.8 Å². The molecule has 0 bridgehead atoms. The monoisotopic (exact) mass is 223 g/mol. The second-order valence-electron chi connectivity index (χ2n) is 4.34. The summed E-state index contributed by atoms with van der Waals surface area (Å²) in [6, 6.07) is 0. The third kappa shape index (κ3) is 1.95. The summed E-state index contributed by atoms with van der Waals surface area (Å²) in [7, 11) is 0. The number of halogens is 3. The molecule has 2 aliphatic rings. The van der Waals surface area contributed by atoms with Gasteiger partial charge in [0.2, 0.25) is 0 Å². The Hall–Kier alpha value is -0.780. The van der Waals surface area contributed by atoms with E-state index in [0.29, 0.717) is 19.3 Å². The second-order valence-corrected chi connectivity index (χ2v) is 4.34. The van der Waals surface area contributed by atoms with E-state index in [1.807, 2.05) is 0 Å². The van der Waals surface area contributed by atoms with Gasteiger partial charge in [0.25, 0.3) is 0 Å². The highest BCUT2D eigenvalue weighted by atomic mass is 19.4. The van der Waals surface area contributed by atoms with Gasteiger partial charge in [-0.2, -0.15) is 13.2 Å². The molecular formula is C9H12F3NO2. The first-order valence-electron chi connectivity index (χ1n) is 4.91. The van der Waals surface area contributed by atoms with Gasteiger partial charge in [-0.25, -0.2) is 0 Å². The molecule has 1 unspecified atom stereocenters. The van der Waals surface area contributed by atoms with Crippen LogP contribution in [0.3, 0.4) is 0 Å². The van der Waals surface area contributed by atoms with Gasteiger partial charge >= 0.3 is 12.1 Å². The van der Waals surface area contributed by atoms with E-state index in [1.54, 1.807) is 0 Å². The van der Waals surface area contributed by atoms with Gasteiger partial charge < -0.3 is 10.0 Å². The molecule has 86 valence electrons. The highest BCUT2D eigenvalue weighted by Crippen LogP contribution is 2.46. The Morgan fingerprint density at radius 3 is 2.47 bits per heavy atom. The number of amides is 1. The molecule has 2 rings (SSSR count). The summed E-state index contributed by atoms with van der Waals surface area (Å²) < 4.78 is 36.3. The van der Waals surface area contributed by atoms with E-state index in [4.69, 9.17) is 0 Å². The Bertz CT molecular complexity index is 286. The van der Waals surface area contributed by atoms with E-state index in [-0.39, 0.29) is 19.0 Å². The lowest BCUT2D eigenvalue weighted by atomic mass is 10.00. The first-order chi connectivity index (χ1) is 6.83. The number of likely N-dealkylation sites (tertiary alicyclic amines) is 1. The maximum Gasteiger partial charge on any atom is 0.471 e. The summed E-state index contributed by atoms with van der Waals surface area (Å²) >= 11 is 0. The summed E-state index contributed by atoms with van der Waals surface area (Å²) in [5.74, 6) is -1.96. The lowest BCUT2D eigenvalue weighted by Crippen LogP contribution is -2.40. The fraction of sp³-hybridized carbons (Fsp3) is 0.889. The molecule has 0 radical (unpaired) electrons. The van der Waals surface area contributed by atoms with Crippen molar-refractivity contribution in [2.45, 2.75) is 31.0 Å². The van der Waals surface area contributed by atoms with Gasteiger partial charge in [-0.15, -0.1) is 0 Å². The van der Waals surface area contributed by atoms with Crippen LogP contribution in [0.15, 0.2) is 0 Å². The quantitative estimate of drug-likeness (QED) is 0.718. The molecule has 0 spiro atoms. The van der Waals surface area contributed by atoms with Gasteiger partial charge in [0.15, 0.2) is 0 Å². The van der Waals surface area contributed by atoms with Crippen molar-refractivity contribution in [1.29, 1.82) is 0 Å². The van der Waals surface area contributed by atoms with Crippen LogP contribution in [0.2, 0.25) is 0 Å². The standard InChI is InChI=1S/C9H12F3NO2/c10-9(11,12)7(14)13-4-1-6(5-13)8(15)2-3-8/h6,15H,1-5H2. The molecular weight excluding hydrogens is 211 g/mol. The van der Waals surface area contributed by atoms with Crippen LogP contribution in [0.1, 0.15) is 19.3 Å². The maximum atomic E-state index is 12.1. The van der Waals surface area contributed by atoms with Crippen LogP contribution in [0.25, 0.3) is 0 Å². The van der Waals surface area contributed by atoms with Gasteiger partial charge in [-0.05, 0) is 19.3 Å². The number of alkyl halides is 3. The first kappa shape index (κ1) is 10.7. The minimum absolute atomic E-state index is 0.0366. The number of carbonyl (C=O) groups is 1. The number of carbonyl (C=O) groups excluding carboxylic acids is 1. The van der Waals surface area contributed by atoms with Gasteiger partial charge in [0, 0.05) is 19.0 Å². The van der Waals surface area contributed by atoms with Crippen molar-refractivity contribution >= 4 is 5.91 Å². The largest absolute Gasteiger partial charge is 0.471 e. The van der Waals surface area contributed by atoms with Crippen molar-refractivity contribution in [3.63, 3.8) is 0 Å². The molecule has 15 heavy (non-hydrogen) atoms. The molecule has 1 N–H and O–H groups in total. The molecule has 1 heterocycles. The number of rotatable bonds is 1. The summed E-state index contributed by atoms with van der Waals surface area (Å²) in [5, 5.41) is 9.71. The van der Waals surface area contributed by atoms with Crippen molar-refractivity contribution in [3.8, 4) is 0 Å². The molecule has 1 amide bonds. The first-order valence-corrected chi connectivity index (χ1v) is 4.91. The number of aliphatic hydroxyl groups is 1. The molecule has 3 nitrogen and oxygen atoms in total. The lowest BCUT2D eigenvalue weighted by Gasteiger charge is -2.20. The Morgan fingerprint density at radius 2 is 2.00 bits per heavy atom. The molecule has 1 aliphatic heterocycles. The third-order valence-electron chi connectivity index (χ3n) is 3.24. The van der Waals surface area contributed by atoms with Crippen LogP contribution in [-0.2, 0) is 4.79 Å². The Kier molecular flexibility index (Phi) is 2.22. The van der Waals surface area contributed by atoms with Crippen molar-refractivity contribution < 1.29 is 23.1 Å². The second kappa shape index (κ2) is 3.10. The number of hydrogen-bond acceptors (Lipinski definition) is 2. The van der Waals surface area contributed by atoms with Crippen LogP contribution in [0.5, 0.6) is 0 Å². The highest BCUT2D eigenvalue weighted by molar-refractivity contribution is 5.82. The fourth-order valence-corrected chi connectivity index (χ4v) is 2.10. The van der Waals surface area contributed by atoms with Gasteiger partial charge in [0.1, 0.15) is 0 Å². The molecule has 6 heteroatoms. The maximum absolute atomic E-state index is 12.1. The zero-order valence-corrected chi connectivity index (χ0v) is 8.05. The van der Waals surface area contributed by atoms with E-state index >= 15 is 0 Å². The van der Waals surface area contributed by atoms with Crippen LogP contribution in [0.4, 0.5) is 13.2 Å². The summed E-state index contributed by atoms with van der Waals surface area (Å²) in [6.07, 6.45) is -3.03. The van der Waals surface area contributed by atoms with E-state index in [1.165, 1.54) is 0 Å². The van der Waals surface area contributed by atoms with E-state index < -0.39 is 17.7 Å². The van der Waals surface area contributed by atoms with Gasteiger partial charge in [-0.3, -0.25) is 4.79 Å². The highest BCUT2D eigenvalue weighted by Gasteiger charge is 2.52. The summed E-state index contributed by atoms with van der Waals surface area (Å²) in [4.78, 5) is 11.7. The molecule has 1 saturated carbocycles. The Labute approximate surface area is 84.9 Å². The Balaban J connectivity index is 1.95. The summed E-state index contributed by atoms with van der Waals surface area (Å²) in [6.45, 7) is 0.139. The van der Waals surface area contributed by atoms with Crippen molar-refractivity contribution in [2.75, 3.05) is 13.1 Å². The normalized spacial score (nSPS) is 29.3. The predicted octanol–water partition coefficient (Wildman–Crippen LogP) is 0.922. The summed E-state index contributed by atoms with van der Waals surface area (Å²) in [5.41, 5.74) is -0.791. The number of hydrogen-bond donors (Lipinski definition) is 1. The fourth-order valence-electron chi connectivity index (χ4n) is 2.10. The van der Waals surface area contributed by atoms with Crippen LogP contribution >= 0.6 is 0 Å². The average molecular weight is 223 g/mol. The molecule has 1 atom stereocenters. The van der Waals surface area contributed by atoms with Crippen LogP contribution in [0, 0.1) is 5.92 Å². The van der Waals surface area contributed by atoms with Crippen molar-refractivity contribution in [3.05, 3.63) is 0 Å². The zero-order valence-electron chi connectivity index (χ0n) is 8.05. The Morgan fingerprint density at radius 1 is 1.40 bits per heavy atom. The molecule has 0 aromatic rings. The topological polar surface area (TPSA) is 40.5 Å². The van der Waals surface area contributed by atoms with Gasteiger partial charge in [0.05, 0.1) is 5.60 Å². The minimum atomic E-state index is -4.79. The predicted molar refractivity (Wildman–Crippen MR) is 44.9 cm³/mol. The molecule has 1 saturated heterocycles. The third-order valence-corrected chi connectivity index (χ3v) is 3.24. The van der Waals surface area contributed by atoms with Crippen LogP contribution < -0.4 is 0 Å². The number of nitrogens with zero attached hydrogens (tertiary/aromatic N) is 1.